The molecule has 0 atom stereocenters. The summed E-state index contributed by atoms with van der Waals surface area (Å²) in [4.78, 5) is 0.00562. The first kappa shape index (κ1) is 11.8. The molecule has 0 aliphatic rings. The zero-order valence-corrected chi connectivity index (χ0v) is 10.4. The molecule has 0 fully saturated rings. The van der Waals surface area contributed by atoms with E-state index in [1.54, 1.807) is 0 Å². The van der Waals surface area contributed by atoms with Gasteiger partial charge in [0.2, 0.25) is 0 Å². The summed E-state index contributed by atoms with van der Waals surface area (Å²) in [6.07, 6.45) is 0.229. The first-order chi connectivity index (χ1) is 6.41. The second-order valence-corrected chi connectivity index (χ2v) is 6.27. The molecule has 0 bridgehead atoms. The van der Waals surface area contributed by atoms with Crippen molar-refractivity contribution < 1.29 is 8.42 Å². The molecule has 1 aromatic carbocycles. The molecule has 1 aromatic rings. The smallest absolute Gasteiger partial charge is 0.207 e. The van der Waals surface area contributed by atoms with Crippen LogP contribution in [0.4, 0.5) is 0 Å². The van der Waals surface area contributed by atoms with E-state index >= 15 is 0 Å². The fourth-order valence-electron chi connectivity index (χ4n) is 0.940. The highest BCUT2D eigenvalue weighted by Gasteiger charge is 2.12. The van der Waals surface area contributed by atoms with Crippen LogP contribution in [-0.4, -0.2) is 8.42 Å². The van der Waals surface area contributed by atoms with Crippen molar-refractivity contribution in [1.29, 1.82) is 0 Å². The fourth-order valence-corrected chi connectivity index (χ4v) is 1.86. The van der Waals surface area contributed by atoms with Gasteiger partial charge in [-0.2, -0.15) is 0 Å². The highest BCUT2D eigenvalue weighted by Crippen LogP contribution is 2.22. The number of hydrogen-bond acceptors (Lipinski definition) is 2. The molecular formula is C9H8BrClO2S. The Balaban J connectivity index is 2.91. The zero-order chi connectivity index (χ0) is 10.8. The first-order valence-electron chi connectivity index (χ1n) is 3.77. The van der Waals surface area contributed by atoms with Gasteiger partial charge in [-0.3, -0.25) is 0 Å². The van der Waals surface area contributed by atoms with Crippen LogP contribution in [0.3, 0.4) is 0 Å². The molecule has 2 nitrogen and oxygen atoms in total. The zero-order valence-electron chi connectivity index (χ0n) is 7.20. The van der Waals surface area contributed by atoms with E-state index in [1.165, 1.54) is 0 Å². The minimum atomic E-state index is -3.66. The minimum Gasteiger partial charge on any atom is -0.207 e. The predicted molar refractivity (Wildman–Crippen MR) is 61.8 cm³/mol. The predicted octanol–water partition coefficient (Wildman–Crippen LogP) is 3.07. The number of hydrogen-bond donors (Lipinski definition) is 0. The summed E-state index contributed by atoms with van der Waals surface area (Å²) < 4.78 is 22.6. The molecular weight excluding hydrogens is 288 g/mol. The Labute approximate surface area is 96.1 Å². The van der Waals surface area contributed by atoms with Crippen molar-refractivity contribution >= 4 is 35.7 Å². The van der Waals surface area contributed by atoms with Crippen LogP contribution in [0.2, 0.25) is 0 Å². The minimum absolute atomic E-state index is 0.00562. The van der Waals surface area contributed by atoms with E-state index < -0.39 is 9.05 Å². The van der Waals surface area contributed by atoms with Crippen molar-refractivity contribution in [1.82, 2.24) is 0 Å². The number of allylic oxidation sites excluding steroid dienone is 1. The van der Waals surface area contributed by atoms with Crippen LogP contribution in [0.25, 0.3) is 0 Å². The maximum atomic E-state index is 10.9. The first-order valence-corrected chi connectivity index (χ1v) is 6.87. The van der Waals surface area contributed by atoms with Gasteiger partial charge in [-0.15, -0.1) is 0 Å². The summed E-state index contributed by atoms with van der Waals surface area (Å²) in [6.45, 7) is 3.42. The highest BCUT2D eigenvalue weighted by molar-refractivity contribution is 9.10. The summed E-state index contributed by atoms with van der Waals surface area (Å²) in [6, 6.07) is 7.33. The van der Waals surface area contributed by atoms with Gasteiger partial charge in [0.05, 0.1) is 4.91 Å². The summed E-state index contributed by atoms with van der Waals surface area (Å²) in [7, 11) is 1.48. The van der Waals surface area contributed by atoms with Crippen LogP contribution in [0.5, 0.6) is 0 Å². The van der Waals surface area contributed by atoms with Crippen molar-refractivity contribution in [3.63, 3.8) is 0 Å². The lowest BCUT2D eigenvalue weighted by molar-refractivity contribution is 0.614. The Morgan fingerprint density at radius 3 is 2.50 bits per heavy atom. The van der Waals surface area contributed by atoms with Gasteiger partial charge in [-0.1, -0.05) is 40.7 Å². The van der Waals surface area contributed by atoms with Gasteiger partial charge in [-0.25, -0.2) is 8.42 Å². The third kappa shape index (κ3) is 3.12. The molecule has 14 heavy (non-hydrogen) atoms. The average molecular weight is 296 g/mol. The molecule has 0 N–H and O–H groups in total. The molecule has 0 aliphatic carbocycles. The average Bonchev–Trinajstić information content (AvgIpc) is 2.07. The second kappa shape index (κ2) is 4.47. The quantitative estimate of drug-likeness (QED) is 0.803. The van der Waals surface area contributed by atoms with Crippen LogP contribution in [0, 0.1) is 0 Å². The highest BCUT2D eigenvalue weighted by atomic mass is 79.9. The maximum Gasteiger partial charge on any atom is 0.257 e. The van der Waals surface area contributed by atoms with E-state index in [1.807, 2.05) is 24.3 Å². The van der Waals surface area contributed by atoms with Gasteiger partial charge >= 0.3 is 0 Å². The largest absolute Gasteiger partial charge is 0.257 e. The SMILES string of the molecule is C=C(Cc1ccccc1Br)S(=O)(=O)Cl. The molecule has 0 aromatic heterocycles. The normalized spacial score (nSPS) is 11.3. The van der Waals surface area contributed by atoms with Gasteiger partial charge in [0, 0.05) is 21.6 Å². The molecule has 0 aliphatic heterocycles. The Morgan fingerprint density at radius 2 is 2.00 bits per heavy atom. The van der Waals surface area contributed by atoms with Crippen LogP contribution in [0.15, 0.2) is 40.2 Å². The Hall–Kier alpha value is -0.320. The monoisotopic (exact) mass is 294 g/mol. The number of rotatable bonds is 3. The second-order valence-electron chi connectivity index (χ2n) is 2.74. The van der Waals surface area contributed by atoms with Gasteiger partial charge in [0.1, 0.15) is 0 Å². The Bertz CT molecular complexity index is 454. The van der Waals surface area contributed by atoms with Crippen molar-refractivity contribution in [2.75, 3.05) is 0 Å². The third-order valence-corrected chi connectivity index (χ3v) is 3.95. The lowest BCUT2D eigenvalue weighted by Crippen LogP contribution is -1.98. The fraction of sp³-hybridized carbons (Fsp3) is 0.111. The van der Waals surface area contributed by atoms with Crippen LogP contribution >= 0.6 is 26.6 Å². The van der Waals surface area contributed by atoms with Crippen molar-refractivity contribution in [2.24, 2.45) is 0 Å². The third-order valence-electron chi connectivity index (χ3n) is 1.69. The number of benzene rings is 1. The number of halogens is 2. The van der Waals surface area contributed by atoms with Crippen LogP contribution in [-0.2, 0) is 15.5 Å². The topological polar surface area (TPSA) is 34.1 Å². The molecule has 0 heterocycles. The van der Waals surface area contributed by atoms with E-state index in [4.69, 9.17) is 10.7 Å². The van der Waals surface area contributed by atoms with E-state index in [2.05, 4.69) is 22.5 Å². The van der Waals surface area contributed by atoms with Gasteiger partial charge < -0.3 is 0 Å². The van der Waals surface area contributed by atoms with Gasteiger partial charge in [0.15, 0.2) is 0 Å². The van der Waals surface area contributed by atoms with E-state index in [-0.39, 0.29) is 11.3 Å². The molecule has 1 rings (SSSR count). The molecule has 0 saturated carbocycles. The molecule has 0 amide bonds. The van der Waals surface area contributed by atoms with Crippen molar-refractivity contribution in [3.05, 3.63) is 45.8 Å². The lowest BCUT2D eigenvalue weighted by atomic mass is 10.1. The molecule has 0 spiro atoms. The summed E-state index contributed by atoms with van der Waals surface area (Å²) in [5.74, 6) is 0. The van der Waals surface area contributed by atoms with Crippen molar-refractivity contribution in [3.8, 4) is 0 Å². The maximum absolute atomic E-state index is 10.9. The summed E-state index contributed by atoms with van der Waals surface area (Å²) in [5.41, 5.74) is 0.849. The molecule has 0 saturated heterocycles. The lowest BCUT2D eigenvalue weighted by Gasteiger charge is -2.03. The summed E-state index contributed by atoms with van der Waals surface area (Å²) in [5, 5.41) is 0. The van der Waals surface area contributed by atoms with E-state index in [0.29, 0.717) is 0 Å². The molecule has 5 heteroatoms. The van der Waals surface area contributed by atoms with E-state index in [9.17, 15) is 8.42 Å². The standard InChI is InChI=1S/C9H8BrClO2S/c1-7(14(11,12)13)6-8-4-2-3-5-9(8)10/h2-5H,1,6H2. The summed E-state index contributed by atoms with van der Waals surface area (Å²) >= 11 is 3.31. The van der Waals surface area contributed by atoms with E-state index in [0.717, 1.165) is 10.0 Å². The molecule has 0 unspecified atom stereocenters. The van der Waals surface area contributed by atoms with Crippen LogP contribution < -0.4 is 0 Å². The Morgan fingerprint density at radius 1 is 1.43 bits per heavy atom. The molecule has 0 radical (unpaired) electrons. The Kier molecular flexibility index (Phi) is 3.75. The van der Waals surface area contributed by atoms with Gasteiger partial charge in [-0.05, 0) is 11.6 Å². The van der Waals surface area contributed by atoms with Gasteiger partial charge in [0.25, 0.3) is 9.05 Å². The molecule has 76 valence electrons. The van der Waals surface area contributed by atoms with Crippen molar-refractivity contribution in [2.45, 2.75) is 6.42 Å². The van der Waals surface area contributed by atoms with Crippen LogP contribution in [0.1, 0.15) is 5.56 Å².